The van der Waals surface area contributed by atoms with Gasteiger partial charge >= 0.3 is 0 Å². The fraction of sp³-hybridized carbons (Fsp3) is 0.520. The van der Waals surface area contributed by atoms with Crippen molar-refractivity contribution in [1.82, 2.24) is 0 Å². The lowest BCUT2D eigenvalue weighted by atomic mass is 9.70. The van der Waals surface area contributed by atoms with Crippen molar-refractivity contribution in [3.05, 3.63) is 58.1 Å². The van der Waals surface area contributed by atoms with E-state index in [-0.39, 0.29) is 5.41 Å². The van der Waals surface area contributed by atoms with Gasteiger partial charge in [0, 0.05) is 9.89 Å². The largest absolute Gasteiger partial charge is 0.0654 e. The van der Waals surface area contributed by atoms with Crippen molar-refractivity contribution < 1.29 is 0 Å². The Hall–Kier alpha value is -1.08. The second-order valence-corrected chi connectivity index (χ2v) is 8.85. The van der Waals surface area contributed by atoms with Gasteiger partial charge in [0.05, 0.1) is 0 Å². The first kappa shape index (κ1) is 19.7. The summed E-state index contributed by atoms with van der Waals surface area (Å²) in [5.41, 5.74) is 6.31. The molecule has 0 saturated carbocycles. The molecule has 0 aliphatic heterocycles. The van der Waals surface area contributed by atoms with E-state index in [1.165, 1.54) is 79.8 Å². The Bertz CT molecular complexity index is 704. The van der Waals surface area contributed by atoms with Crippen LogP contribution >= 0.6 is 15.9 Å². The van der Waals surface area contributed by atoms with Crippen LogP contribution in [0.25, 0.3) is 11.1 Å². The quantitative estimate of drug-likeness (QED) is 0.342. The molecule has 0 bridgehead atoms. The maximum absolute atomic E-state index is 3.75. The molecular weight excluding hydrogens is 380 g/mol. The van der Waals surface area contributed by atoms with Crippen LogP contribution in [0.3, 0.4) is 0 Å². The van der Waals surface area contributed by atoms with Gasteiger partial charge in [0.15, 0.2) is 0 Å². The highest BCUT2D eigenvalue weighted by Gasteiger charge is 2.41. The van der Waals surface area contributed by atoms with Gasteiger partial charge in [-0.1, -0.05) is 111 Å². The van der Waals surface area contributed by atoms with Gasteiger partial charge < -0.3 is 0 Å². The van der Waals surface area contributed by atoms with Crippen LogP contribution in [0.5, 0.6) is 0 Å². The molecule has 1 aliphatic carbocycles. The van der Waals surface area contributed by atoms with Crippen molar-refractivity contribution in [2.75, 3.05) is 0 Å². The smallest absolute Gasteiger partial charge is 0.0215 e. The minimum Gasteiger partial charge on any atom is -0.0654 e. The Labute approximate surface area is 168 Å². The molecule has 3 rings (SSSR count). The second kappa shape index (κ2) is 9.22. The first-order valence-corrected chi connectivity index (χ1v) is 11.4. The zero-order chi connectivity index (χ0) is 18.4. The van der Waals surface area contributed by atoms with E-state index in [1.54, 1.807) is 11.1 Å². The van der Waals surface area contributed by atoms with Crippen molar-refractivity contribution in [2.24, 2.45) is 0 Å². The molecule has 0 saturated heterocycles. The summed E-state index contributed by atoms with van der Waals surface area (Å²) in [6, 6.07) is 16.1. The number of fused-ring (bicyclic) bond motifs is 3. The van der Waals surface area contributed by atoms with E-state index in [4.69, 9.17) is 0 Å². The number of benzene rings is 2. The van der Waals surface area contributed by atoms with Gasteiger partial charge in [-0.2, -0.15) is 0 Å². The molecule has 140 valence electrons. The van der Waals surface area contributed by atoms with Crippen molar-refractivity contribution in [3.8, 4) is 11.1 Å². The van der Waals surface area contributed by atoms with Crippen molar-refractivity contribution in [3.63, 3.8) is 0 Å². The summed E-state index contributed by atoms with van der Waals surface area (Å²) in [6.07, 6.45) is 13.3. The average molecular weight is 413 g/mol. The van der Waals surface area contributed by atoms with Crippen LogP contribution in [0, 0.1) is 0 Å². The molecule has 0 atom stereocenters. The predicted molar refractivity (Wildman–Crippen MR) is 118 cm³/mol. The molecule has 2 aromatic rings. The Balaban J connectivity index is 1.98. The maximum Gasteiger partial charge on any atom is 0.0215 e. The third-order valence-corrected chi connectivity index (χ3v) is 6.64. The average Bonchev–Trinajstić information content (AvgIpc) is 2.92. The van der Waals surface area contributed by atoms with E-state index in [9.17, 15) is 0 Å². The first-order chi connectivity index (χ1) is 12.7. The molecule has 2 aromatic carbocycles. The van der Waals surface area contributed by atoms with Crippen molar-refractivity contribution in [1.29, 1.82) is 0 Å². The lowest BCUT2D eigenvalue weighted by molar-refractivity contribution is 0.401. The lowest BCUT2D eigenvalue weighted by Crippen LogP contribution is -2.25. The zero-order valence-corrected chi connectivity index (χ0v) is 18.1. The van der Waals surface area contributed by atoms with Crippen LogP contribution in [0.4, 0.5) is 0 Å². The Kier molecular flexibility index (Phi) is 6.98. The minimum absolute atomic E-state index is 0.219. The topological polar surface area (TPSA) is 0 Å². The Morgan fingerprint density at radius 3 is 1.96 bits per heavy atom. The monoisotopic (exact) mass is 412 g/mol. The van der Waals surface area contributed by atoms with E-state index in [1.807, 2.05) is 0 Å². The fourth-order valence-corrected chi connectivity index (χ4v) is 5.16. The highest BCUT2D eigenvalue weighted by atomic mass is 79.9. The molecule has 0 aromatic heterocycles. The maximum atomic E-state index is 3.75. The van der Waals surface area contributed by atoms with Crippen LogP contribution in [0.2, 0.25) is 0 Å². The SMILES string of the molecule is CCCCCCC1(CCCCCC)c2ccccc2-c2ccc(Br)cc21. The summed E-state index contributed by atoms with van der Waals surface area (Å²) in [6.45, 7) is 4.61. The Morgan fingerprint density at radius 1 is 0.692 bits per heavy atom. The zero-order valence-electron chi connectivity index (χ0n) is 16.5. The summed E-state index contributed by atoms with van der Waals surface area (Å²) in [7, 11) is 0. The van der Waals surface area contributed by atoms with E-state index >= 15 is 0 Å². The number of hydrogen-bond acceptors (Lipinski definition) is 0. The normalized spacial score (nSPS) is 14.3. The molecule has 0 heterocycles. The molecule has 0 radical (unpaired) electrons. The summed E-state index contributed by atoms with van der Waals surface area (Å²) in [5, 5.41) is 0. The summed E-state index contributed by atoms with van der Waals surface area (Å²) in [4.78, 5) is 0. The van der Waals surface area contributed by atoms with Crippen LogP contribution in [0.15, 0.2) is 46.9 Å². The third kappa shape index (κ3) is 3.93. The molecule has 26 heavy (non-hydrogen) atoms. The predicted octanol–water partition coefficient (Wildman–Crippen LogP) is 8.66. The van der Waals surface area contributed by atoms with E-state index in [0.29, 0.717) is 0 Å². The highest BCUT2D eigenvalue weighted by molar-refractivity contribution is 9.10. The second-order valence-electron chi connectivity index (χ2n) is 7.94. The van der Waals surface area contributed by atoms with Gasteiger partial charge in [-0.25, -0.2) is 0 Å². The van der Waals surface area contributed by atoms with Crippen LogP contribution in [0.1, 0.15) is 89.2 Å². The molecule has 0 amide bonds. The van der Waals surface area contributed by atoms with Crippen LogP contribution in [-0.2, 0) is 5.41 Å². The molecular formula is C25H33Br. The first-order valence-electron chi connectivity index (χ1n) is 10.6. The molecule has 0 N–H and O–H groups in total. The van der Waals surface area contributed by atoms with E-state index < -0.39 is 0 Å². The van der Waals surface area contributed by atoms with Crippen LogP contribution < -0.4 is 0 Å². The van der Waals surface area contributed by atoms with Gasteiger partial charge in [-0.3, -0.25) is 0 Å². The number of rotatable bonds is 10. The molecule has 1 heteroatoms. The number of unbranched alkanes of at least 4 members (excludes halogenated alkanes) is 6. The lowest BCUT2D eigenvalue weighted by Gasteiger charge is -2.33. The highest BCUT2D eigenvalue weighted by Crippen LogP contribution is 2.54. The van der Waals surface area contributed by atoms with Crippen LogP contribution in [-0.4, -0.2) is 0 Å². The van der Waals surface area contributed by atoms with E-state index in [0.717, 1.165) is 0 Å². The molecule has 0 spiro atoms. The third-order valence-electron chi connectivity index (χ3n) is 6.14. The molecule has 0 nitrogen and oxygen atoms in total. The number of hydrogen-bond donors (Lipinski definition) is 0. The van der Waals surface area contributed by atoms with Crippen molar-refractivity contribution >= 4 is 15.9 Å². The molecule has 0 unspecified atom stereocenters. The fourth-order valence-electron chi connectivity index (χ4n) is 4.80. The molecule has 0 fully saturated rings. The summed E-state index contributed by atoms with van der Waals surface area (Å²) in [5.74, 6) is 0. The molecule has 1 aliphatic rings. The van der Waals surface area contributed by atoms with Gasteiger partial charge in [-0.05, 0) is 47.2 Å². The standard InChI is InChI=1S/C25H33Br/c1-3-5-7-11-17-25(18-12-8-6-4-2)23-14-10-9-13-21(23)22-16-15-20(26)19-24(22)25/h9-10,13-16,19H,3-8,11-12,17-18H2,1-2H3. The van der Waals surface area contributed by atoms with E-state index in [2.05, 4.69) is 72.2 Å². The van der Waals surface area contributed by atoms with Gasteiger partial charge in [-0.15, -0.1) is 0 Å². The minimum atomic E-state index is 0.219. The summed E-state index contributed by atoms with van der Waals surface area (Å²) >= 11 is 3.75. The van der Waals surface area contributed by atoms with Gasteiger partial charge in [0.25, 0.3) is 0 Å². The van der Waals surface area contributed by atoms with Gasteiger partial charge in [0.2, 0.25) is 0 Å². The van der Waals surface area contributed by atoms with Gasteiger partial charge in [0.1, 0.15) is 0 Å². The number of halogens is 1. The Morgan fingerprint density at radius 2 is 1.31 bits per heavy atom. The van der Waals surface area contributed by atoms with Crippen molar-refractivity contribution in [2.45, 2.75) is 83.5 Å². The summed E-state index contributed by atoms with van der Waals surface area (Å²) < 4.78 is 1.22.